The minimum atomic E-state index is -0.304. The minimum Gasteiger partial charge on any atom is -0.496 e. The summed E-state index contributed by atoms with van der Waals surface area (Å²) in [6, 6.07) is 11.1. The smallest absolute Gasteiger partial charge is 0.129 e. The first kappa shape index (κ1) is 20.5. The first-order valence-electron chi connectivity index (χ1n) is 10.0. The molecular weight excluding hydrogens is 395 g/mol. The molecule has 2 heterocycles. The molecule has 4 rings (SSSR count). The molecule has 156 valence electrons. The number of allylic oxidation sites excluding steroid dienone is 1. The molecule has 3 aromatic rings. The van der Waals surface area contributed by atoms with Crippen LogP contribution in [0.4, 0.5) is 15.1 Å². The Labute approximate surface area is 181 Å². The van der Waals surface area contributed by atoms with Crippen LogP contribution in [0.25, 0.3) is 16.7 Å². The third-order valence-corrected chi connectivity index (χ3v) is 6.37. The zero-order valence-corrected chi connectivity index (χ0v) is 18.8. The van der Waals surface area contributed by atoms with Crippen molar-refractivity contribution in [2.45, 2.75) is 39.8 Å². The molecule has 30 heavy (non-hydrogen) atoms. The number of methoxy groups -OCH3 is 1. The van der Waals surface area contributed by atoms with Crippen molar-refractivity contribution in [1.82, 2.24) is 0 Å². The number of nitrogens with one attached hydrogen (secondary N) is 2. The topological polar surface area (TPSA) is 33.3 Å². The molecule has 0 radical (unpaired) electrons. The first-order valence-corrected chi connectivity index (χ1v) is 10.9. The number of ether oxygens (including phenoxy) is 1. The van der Waals surface area contributed by atoms with Gasteiger partial charge in [-0.25, -0.2) is 4.39 Å². The molecule has 0 bridgehead atoms. The van der Waals surface area contributed by atoms with Crippen molar-refractivity contribution in [3.8, 4) is 16.9 Å². The summed E-state index contributed by atoms with van der Waals surface area (Å²) in [4.78, 5) is 0. The lowest BCUT2D eigenvalue weighted by Crippen LogP contribution is -2.32. The Bertz CT molecular complexity index is 1130. The quantitative estimate of drug-likeness (QED) is 0.460. The molecule has 1 aliphatic heterocycles. The van der Waals surface area contributed by atoms with Gasteiger partial charge in [0.25, 0.3) is 0 Å². The van der Waals surface area contributed by atoms with Gasteiger partial charge >= 0.3 is 0 Å². The SMILES string of the molecule is COc1cc(F)ccc1-c1ccc2c(c1CNc1cc(C)cs1)C(C)=CC(C)(C)N2. The highest BCUT2D eigenvalue weighted by Crippen LogP contribution is 2.42. The molecule has 0 saturated heterocycles. The fraction of sp³-hybridized carbons (Fsp3) is 0.280. The van der Waals surface area contributed by atoms with Gasteiger partial charge in [-0.2, -0.15) is 0 Å². The zero-order valence-electron chi connectivity index (χ0n) is 18.0. The van der Waals surface area contributed by atoms with E-state index in [0.29, 0.717) is 12.3 Å². The Morgan fingerprint density at radius 1 is 1.10 bits per heavy atom. The number of hydrogen-bond donors (Lipinski definition) is 2. The third kappa shape index (κ3) is 3.94. The van der Waals surface area contributed by atoms with Crippen molar-refractivity contribution in [3.63, 3.8) is 0 Å². The summed E-state index contributed by atoms with van der Waals surface area (Å²) in [6.45, 7) is 9.25. The van der Waals surface area contributed by atoms with E-state index in [-0.39, 0.29) is 11.4 Å². The number of hydrogen-bond acceptors (Lipinski definition) is 4. The molecule has 0 aliphatic carbocycles. The second-order valence-corrected chi connectivity index (χ2v) is 9.29. The molecule has 0 amide bonds. The Morgan fingerprint density at radius 2 is 1.87 bits per heavy atom. The Kier molecular flexibility index (Phi) is 5.33. The summed E-state index contributed by atoms with van der Waals surface area (Å²) in [7, 11) is 1.58. The highest BCUT2D eigenvalue weighted by Gasteiger charge is 2.26. The lowest BCUT2D eigenvalue weighted by Gasteiger charge is -2.33. The molecule has 5 heteroatoms. The third-order valence-electron chi connectivity index (χ3n) is 5.37. The number of rotatable bonds is 5. The Morgan fingerprint density at radius 3 is 2.57 bits per heavy atom. The highest BCUT2D eigenvalue weighted by molar-refractivity contribution is 7.14. The summed E-state index contributed by atoms with van der Waals surface area (Å²) >= 11 is 1.70. The van der Waals surface area contributed by atoms with Crippen LogP contribution in [-0.2, 0) is 6.54 Å². The molecule has 1 aliphatic rings. The van der Waals surface area contributed by atoms with Crippen molar-refractivity contribution in [2.24, 2.45) is 0 Å². The second kappa shape index (κ2) is 7.80. The molecule has 0 unspecified atom stereocenters. The van der Waals surface area contributed by atoms with E-state index in [1.54, 1.807) is 24.5 Å². The summed E-state index contributed by atoms with van der Waals surface area (Å²) in [6.07, 6.45) is 2.26. The lowest BCUT2D eigenvalue weighted by molar-refractivity contribution is 0.413. The largest absolute Gasteiger partial charge is 0.496 e. The number of halogens is 1. The van der Waals surface area contributed by atoms with Crippen molar-refractivity contribution in [1.29, 1.82) is 0 Å². The average Bonchev–Trinajstić information content (AvgIpc) is 3.10. The number of benzene rings is 2. The molecule has 0 spiro atoms. The highest BCUT2D eigenvalue weighted by atomic mass is 32.1. The predicted molar refractivity (Wildman–Crippen MR) is 126 cm³/mol. The molecule has 2 N–H and O–H groups in total. The monoisotopic (exact) mass is 422 g/mol. The normalized spacial score (nSPS) is 14.5. The molecule has 2 aromatic carbocycles. The van der Waals surface area contributed by atoms with Gasteiger partial charge in [0.15, 0.2) is 0 Å². The van der Waals surface area contributed by atoms with E-state index in [1.165, 1.54) is 34.4 Å². The molecule has 0 fully saturated rings. The van der Waals surface area contributed by atoms with Crippen LogP contribution in [0.15, 0.2) is 47.9 Å². The number of thiophene rings is 1. The van der Waals surface area contributed by atoms with Gasteiger partial charge in [-0.3, -0.25) is 0 Å². The van der Waals surface area contributed by atoms with Gasteiger partial charge in [0, 0.05) is 29.4 Å². The maximum atomic E-state index is 13.8. The van der Waals surface area contributed by atoms with Crippen molar-refractivity contribution in [3.05, 3.63) is 70.4 Å². The molecule has 0 saturated carbocycles. The van der Waals surface area contributed by atoms with Crippen LogP contribution in [0.2, 0.25) is 0 Å². The fourth-order valence-electron chi connectivity index (χ4n) is 4.22. The van der Waals surface area contributed by atoms with Crippen molar-refractivity contribution < 1.29 is 9.13 Å². The summed E-state index contributed by atoms with van der Waals surface area (Å²) in [5, 5.41) is 10.5. The molecule has 0 atom stereocenters. The van der Waals surface area contributed by atoms with E-state index in [1.807, 2.05) is 0 Å². The molecule has 3 nitrogen and oxygen atoms in total. The van der Waals surface area contributed by atoms with Gasteiger partial charge in [0.1, 0.15) is 11.6 Å². The van der Waals surface area contributed by atoms with E-state index < -0.39 is 0 Å². The number of fused-ring (bicyclic) bond motifs is 1. The average molecular weight is 423 g/mol. The molecule has 1 aromatic heterocycles. The predicted octanol–water partition coefficient (Wildman–Crippen LogP) is 7.09. The minimum absolute atomic E-state index is 0.109. The zero-order chi connectivity index (χ0) is 21.5. The van der Waals surface area contributed by atoms with E-state index in [9.17, 15) is 4.39 Å². The fourth-order valence-corrected chi connectivity index (χ4v) is 5.01. The van der Waals surface area contributed by atoms with E-state index in [2.05, 4.69) is 68.0 Å². The second-order valence-electron chi connectivity index (χ2n) is 8.37. The van der Waals surface area contributed by atoms with Gasteiger partial charge < -0.3 is 15.4 Å². The van der Waals surface area contributed by atoms with Crippen LogP contribution in [0.1, 0.15) is 37.5 Å². The van der Waals surface area contributed by atoms with Crippen LogP contribution >= 0.6 is 11.3 Å². The summed E-state index contributed by atoms with van der Waals surface area (Å²) in [5.41, 5.74) is 7.78. The summed E-state index contributed by atoms with van der Waals surface area (Å²) in [5.74, 6) is 0.232. The maximum absolute atomic E-state index is 13.8. The summed E-state index contributed by atoms with van der Waals surface area (Å²) < 4.78 is 19.3. The van der Waals surface area contributed by atoms with Gasteiger partial charge in [-0.05, 0) is 79.6 Å². The van der Waals surface area contributed by atoms with E-state index >= 15 is 0 Å². The van der Waals surface area contributed by atoms with Gasteiger partial charge in [0.05, 0.1) is 17.6 Å². The lowest BCUT2D eigenvalue weighted by atomic mass is 9.85. The Hall–Kier alpha value is -2.79. The molecular formula is C25H27FN2OS. The van der Waals surface area contributed by atoms with Gasteiger partial charge in [-0.1, -0.05) is 12.1 Å². The van der Waals surface area contributed by atoms with Crippen LogP contribution in [0.3, 0.4) is 0 Å². The maximum Gasteiger partial charge on any atom is 0.129 e. The van der Waals surface area contributed by atoms with E-state index in [4.69, 9.17) is 4.74 Å². The van der Waals surface area contributed by atoms with Crippen LogP contribution in [-0.4, -0.2) is 12.6 Å². The van der Waals surface area contributed by atoms with Crippen LogP contribution in [0, 0.1) is 12.7 Å². The standard InChI is InChI=1S/C25H27FN2OS/c1-15-10-23(30-14-15)27-13-20-18(19-7-6-17(26)11-22(19)29-5)8-9-21-24(20)16(2)12-25(3,4)28-21/h6-12,14,27-28H,13H2,1-5H3. The van der Waals surface area contributed by atoms with E-state index in [0.717, 1.165) is 21.8 Å². The number of aryl methyl sites for hydroxylation is 1. The van der Waals surface area contributed by atoms with Gasteiger partial charge in [-0.15, -0.1) is 11.3 Å². The van der Waals surface area contributed by atoms with Crippen LogP contribution in [0.5, 0.6) is 5.75 Å². The number of anilines is 2. The Balaban J connectivity index is 1.87. The van der Waals surface area contributed by atoms with Gasteiger partial charge in [0.2, 0.25) is 0 Å². The van der Waals surface area contributed by atoms with Crippen molar-refractivity contribution in [2.75, 3.05) is 17.7 Å². The first-order chi connectivity index (χ1) is 14.3. The van der Waals surface area contributed by atoms with Crippen LogP contribution < -0.4 is 15.4 Å². The van der Waals surface area contributed by atoms with Crippen molar-refractivity contribution >= 4 is 27.6 Å².